The number of nitrogens with zero attached hydrogens (tertiary/aromatic N) is 1. The summed E-state index contributed by atoms with van der Waals surface area (Å²) in [4.78, 5) is 15.1. The molecule has 19 heavy (non-hydrogen) atoms. The molecule has 0 aliphatic carbocycles. The molecule has 2 heterocycles. The second kappa shape index (κ2) is 4.61. The third kappa shape index (κ3) is 2.38. The summed E-state index contributed by atoms with van der Waals surface area (Å²) in [5, 5.41) is 0. The lowest BCUT2D eigenvalue weighted by molar-refractivity contribution is 0.00578. The molecule has 0 spiro atoms. The molecule has 0 amide bonds. The molecular formula is C13H18BNO4. The molecule has 1 aromatic rings. The highest BCUT2D eigenvalue weighted by Gasteiger charge is 2.52. The normalized spacial score (nSPS) is 20.4. The smallest absolute Gasteiger partial charge is 0.480 e. The van der Waals surface area contributed by atoms with E-state index in [4.69, 9.17) is 14.0 Å². The van der Waals surface area contributed by atoms with E-state index in [9.17, 15) is 4.79 Å². The number of rotatable bonds is 3. The van der Waals surface area contributed by atoms with Crippen LogP contribution in [0.15, 0.2) is 12.1 Å². The van der Waals surface area contributed by atoms with Gasteiger partial charge in [-0.15, -0.1) is 0 Å². The molecule has 0 radical (unpaired) electrons. The van der Waals surface area contributed by atoms with Crippen molar-refractivity contribution in [2.75, 3.05) is 7.11 Å². The monoisotopic (exact) mass is 263 g/mol. The fraction of sp³-hybridized carbons (Fsp3) is 0.538. The summed E-state index contributed by atoms with van der Waals surface area (Å²) in [5.74, 6) is 0.280. The van der Waals surface area contributed by atoms with Gasteiger partial charge in [0.1, 0.15) is 0 Å². The molecule has 1 aliphatic rings. The van der Waals surface area contributed by atoms with Gasteiger partial charge < -0.3 is 14.0 Å². The number of carbonyl (C=O) groups excluding carboxylic acids is 1. The Morgan fingerprint density at radius 3 is 2.26 bits per heavy atom. The van der Waals surface area contributed by atoms with Gasteiger partial charge in [-0.1, -0.05) is 0 Å². The average Bonchev–Trinajstić information content (AvgIpc) is 2.57. The molecule has 102 valence electrons. The third-order valence-electron chi connectivity index (χ3n) is 3.73. The molecule has 6 heteroatoms. The van der Waals surface area contributed by atoms with Crippen LogP contribution in [-0.2, 0) is 9.31 Å². The second-order valence-corrected chi connectivity index (χ2v) is 5.54. The maximum Gasteiger partial charge on any atom is 0.514 e. The van der Waals surface area contributed by atoms with Crippen LogP contribution in [0.1, 0.15) is 38.1 Å². The summed E-state index contributed by atoms with van der Waals surface area (Å²) < 4.78 is 16.9. The van der Waals surface area contributed by atoms with Gasteiger partial charge in [0.2, 0.25) is 5.88 Å². The lowest BCUT2D eigenvalue weighted by Gasteiger charge is -2.32. The molecule has 0 bridgehead atoms. The molecule has 2 rings (SSSR count). The Morgan fingerprint density at radius 2 is 1.79 bits per heavy atom. The highest BCUT2D eigenvalue weighted by atomic mass is 16.7. The molecule has 0 saturated carbocycles. The first-order chi connectivity index (χ1) is 8.80. The number of pyridine rings is 1. The largest absolute Gasteiger partial charge is 0.514 e. The number of hydrogen-bond acceptors (Lipinski definition) is 5. The van der Waals surface area contributed by atoms with Crippen molar-refractivity contribution in [3.05, 3.63) is 17.7 Å². The lowest BCUT2D eigenvalue weighted by Crippen LogP contribution is -2.41. The standard InChI is InChI=1S/C13H18BNO4/c1-12(2)13(3,4)19-14(18-12)10-7-6-9(8-16)11(15-10)17-5/h6-8H,1-5H3. The van der Waals surface area contributed by atoms with Gasteiger partial charge in [0.05, 0.1) is 29.5 Å². The van der Waals surface area contributed by atoms with Crippen LogP contribution in [0.25, 0.3) is 0 Å². The van der Waals surface area contributed by atoms with E-state index in [2.05, 4.69) is 4.98 Å². The SMILES string of the molecule is COc1nc(B2OC(C)(C)C(C)(C)O2)ccc1C=O. The van der Waals surface area contributed by atoms with E-state index in [0.29, 0.717) is 17.4 Å². The Labute approximate surface area is 113 Å². The zero-order chi connectivity index (χ0) is 14.3. The number of hydrogen-bond donors (Lipinski definition) is 0. The van der Waals surface area contributed by atoms with E-state index in [1.54, 1.807) is 12.1 Å². The first-order valence-electron chi connectivity index (χ1n) is 6.16. The van der Waals surface area contributed by atoms with Crippen molar-refractivity contribution in [3.63, 3.8) is 0 Å². The van der Waals surface area contributed by atoms with Crippen LogP contribution in [0, 0.1) is 0 Å². The van der Waals surface area contributed by atoms with E-state index in [1.807, 2.05) is 27.7 Å². The summed E-state index contributed by atoms with van der Waals surface area (Å²) in [5.41, 5.74) is 0.162. The van der Waals surface area contributed by atoms with Gasteiger partial charge >= 0.3 is 7.12 Å². The van der Waals surface area contributed by atoms with Crippen LogP contribution in [0.2, 0.25) is 0 Å². The maximum absolute atomic E-state index is 10.8. The minimum Gasteiger partial charge on any atom is -0.480 e. The fourth-order valence-corrected chi connectivity index (χ4v) is 1.81. The molecule has 0 aromatic carbocycles. The molecule has 1 fully saturated rings. The van der Waals surface area contributed by atoms with Crippen molar-refractivity contribution in [2.24, 2.45) is 0 Å². The van der Waals surface area contributed by atoms with E-state index in [1.165, 1.54) is 7.11 Å². The zero-order valence-electron chi connectivity index (χ0n) is 11.9. The van der Waals surface area contributed by atoms with Gasteiger partial charge in [0.25, 0.3) is 0 Å². The number of aldehydes is 1. The number of ether oxygens (including phenoxy) is 1. The summed E-state index contributed by atoms with van der Waals surface area (Å²) in [6.07, 6.45) is 0.708. The lowest BCUT2D eigenvalue weighted by atomic mass is 9.84. The van der Waals surface area contributed by atoms with Gasteiger partial charge in [-0.25, -0.2) is 4.98 Å². The summed E-state index contributed by atoms with van der Waals surface area (Å²) in [6.45, 7) is 7.90. The Bertz CT molecular complexity index is 485. The Morgan fingerprint density at radius 1 is 1.21 bits per heavy atom. The summed E-state index contributed by atoms with van der Waals surface area (Å²) in [6, 6.07) is 3.37. The first kappa shape index (κ1) is 14.0. The molecule has 0 unspecified atom stereocenters. The predicted octanol–water partition coefficient (Wildman–Crippen LogP) is 1.20. The van der Waals surface area contributed by atoms with Crippen molar-refractivity contribution >= 4 is 19.0 Å². The van der Waals surface area contributed by atoms with Crippen LogP contribution in [0.5, 0.6) is 5.88 Å². The number of carbonyl (C=O) groups is 1. The second-order valence-electron chi connectivity index (χ2n) is 5.54. The van der Waals surface area contributed by atoms with E-state index in [-0.39, 0.29) is 5.88 Å². The molecule has 0 atom stereocenters. The molecule has 1 aromatic heterocycles. The molecule has 1 saturated heterocycles. The van der Waals surface area contributed by atoms with Crippen molar-refractivity contribution in [1.82, 2.24) is 4.98 Å². The minimum absolute atomic E-state index is 0.280. The zero-order valence-corrected chi connectivity index (χ0v) is 11.9. The summed E-state index contributed by atoms with van der Waals surface area (Å²) >= 11 is 0. The number of aromatic nitrogens is 1. The Kier molecular flexibility index (Phi) is 3.41. The van der Waals surface area contributed by atoms with Crippen LogP contribution < -0.4 is 10.3 Å². The van der Waals surface area contributed by atoms with Gasteiger partial charge in [-0.2, -0.15) is 0 Å². The van der Waals surface area contributed by atoms with Crippen LogP contribution in [0.4, 0.5) is 0 Å². The first-order valence-corrected chi connectivity index (χ1v) is 6.16. The van der Waals surface area contributed by atoms with Crippen molar-refractivity contribution in [1.29, 1.82) is 0 Å². The van der Waals surface area contributed by atoms with Crippen molar-refractivity contribution < 1.29 is 18.8 Å². The van der Waals surface area contributed by atoms with Crippen LogP contribution in [-0.4, -0.2) is 36.7 Å². The topological polar surface area (TPSA) is 57.6 Å². The van der Waals surface area contributed by atoms with Gasteiger partial charge in [0, 0.05) is 0 Å². The molecular weight excluding hydrogens is 245 g/mol. The molecule has 5 nitrogen and oxygen atoms in total. The van der Waals surface area contributed by atoms with Crippen LogP contribution >= 0.6 is 0 Å². The Hall–Kier alpha value is -1.40. The highest BCUT2D eigenvalue weighted by molar-refractivity contribution is 6.61. The van der Waals surface area contributed by atoms with Crippen molar-refractivity contribution in [2.45, 2.75) is 38.9 Å². The third-order valence-corrected chi connectivity index (χ3v) is 3.73. The van der Waals surface area contributed by atoms with Gasteiger partial charge in [0.15, 0.2) is 6.29 Å². The van der Waals surface area contributed by atoms with E-state index >= 15 is 0 Å². The van der Waals surface area contributed by atoms with E-state index in [0.717, 1.165) is 0 Å². The van der Waals surface area contributed by atoms with E-state index < -0.39 is 18.3 Å². The quantitative estimate of drug-likeness (QED) is 0.605. The number of methoxy groups -OCH3 is 1. The fourth-order valence-electron chi connectivity index (χ4n) is 1.81. The van der Waals surface area contributed by atoms with Crippen molar-refractivity contribution in [3.8, 4) is 5.88 Å². The molecule has 1 aliphatic heterocycles. The highest BCUT2D eigenvalue weighted by Crippen LogP contribution is 2.36. The maximum atomic E-state index is 10.8. The Balaban J connectivity index is 2.32. The summed E-state index contributed by atoms with van der Waals surface area (Å²) in [7, 11) is 0.920. The van der Waals surface area contributed by atoms with Gasteiger partial charge in [-0.05, 0) is 39.8 Å². The average molecular weight is 263 g/mol. The van der Waals surface area contributed by atoms with Crippen LogP contribution in [0.3, 0.4) is 0 Å². The minimum atomic E-state index is -0.556. The predicted molar refractivity (Wildman–Crippen MR) is 71.9 cm³/mol. The molecule has 0 N–H and O–H groups in total. The van der Waals surface area contributed by atoms with Gasteiger partial charge in [-0.3, -0.25) is 4.79 Å².